The Morgan fingerprint density at radius 1 is 1.44 bits per heavy atom. The predicted molar refractivity (Wildman–Crippen MR) is 37.3 cm³/mol. The summed E-state index contributed by atoms with van der Waals surface area (Å²) in [6.07, 6.45) is 2.09. The molecule has 0 aromatic rings. The average molecular weight is 130 g/mol. The van der Waals surface area contributed by atoms with Gasteiger partial charge in [0.05, 0.1) is 13.2 Å². The molecule has 2 nitrogen and oxygen atoms in total. The normalized spacial score (nSPS) is 9.56. The Bertz CT molecular complexity index is 40.2. The lowest BCUT2D eigenvalue weighted by molar-refractivity contribution is 0.0491. The molecule has 1 N–H and O–H groups in total. The fourth-order valence-electron chi connectivity index (χ4n) is 0.492. The van der Waals surface area contributed by atoms with Gasteiger partial charge in [-0.1, -0.05) is 7.11 Å². The van der Waals surface area contributed by atoms with E-state index in [0.717, 1.165) is 26.1 Å². The molecule has 2 heteroatoms. The largest absolute Gasteiger partial charge is 0.582 e. The second-order valence-corrected chi connectivity index (χ2v) is 1.69. The average Bonchev–Trinajstić information content (AvgIpc) is 1.89. The van der Waals surface area contributed by atoms with Gasteiger partial charge in [-0.2, -0.15) is 0 Å². The van der Waals surface area contributed by atoms with E-state index in [4.69, 9.17) is 4.74 Å². The maximum Gasteiger partial charge on any atom is 0.119 e. The van der Waals surface area contributed by atoms with E-state index in [2.05, 4.69) is 18.8 Å². The highest BCUT2D eigenvalue weighted by atomic mass is 16.5. The predicted octanol–water partition coefficient (Wildman–Crippen LogP) is 1.10. The van der Waals surface area contributed by atoms with Crippen LogP contribution in [0.15, 0.2) is 0 Å². The van der Waals surface area contributed by atoms with Crippen molar-refractivity contribution in [3.63, 3.8) is 0 Å². The van der Waals surface area contributed by atoms with Gasteiger partial charge in [0, 0.05) is 6.42 Å². The minimum absolute atomic E-state index is 0.749. The molecule has 0 aliphatic heterocycles. The van der Waals surface area contributed by atoms with Crippen LogP contribution < -0.4 is 0 Å². The molecule has 0 aliphatic rings. The van der Waals surface area contributed by atoms with Crippen molar-refractivity contribution in [3.8, 4) is 0 Å². The SMILES string of the molecule is [CH2-][CH+]OCCCC[OH+][CH2-]. The summed E-state index contributed by atoms with van der Waals surface area (Å²) in [6.45, 7) is 6.46. The van der Waals surface area contributed by atoms with E-state index in [-0.39, 0.29) is 0 Å². The van der Waals surface area contributed by atoms with Crippen molar-refractivity contribution in [2.24, 2.45) is 0 Å². The third kappa shape index (κ3) is 7.79. The molecule has 0 radical (unpaired) electrons. The molecule has 0 bridgehead atoms. The van der Waals surface area contributed by atoms with Crippen LogP contribution in [-0.4, -0.2) is 18.0 Å². The van der Waals surface area contributed by atoms with Crippen molar-refractivity contribution in [1.29, 1.82) is 0 Å². The summed E-state index contributed by atoms with van der Waals surface area (Å²) in [5, 5.41) is 0. The molecule has 0 atom stereocenters. The van der Waals surface area contributed by atoms with Crippen molar-refractivity contribution in [3.05, 3.63) is 20.6 Å². The lowest BCUT2D eigenvalue weighted by Crippen LogP contribution is -1.95. The first-order valence-corrected chi connectivity index (χ1v) is 3.07. The Labute approximate surface area is 57.2 Å². The summed E-state index contributed by atoms with van der Waals surface area (Å²) in [5.41, 5.74) is 0. The summed E-state index contributed by atoms with van der Waals surface area (Å²) >= 11 is 0. The number of hydrogen-bond donors (Lipinski definition) is 0. The van der Waals surface area contributed by atoms with Crippen LogP contribution in [0, 0.1) is 20.6 Å². The Morgan fingerprint density at radius 2 is 2.22 bits per heavy atom. The first-order valence-electron chi connectivity index (χ1n) is 3.07. The minimum atomic E-state index is 0.749. The van der Waals surface area contributed by atoms with Crippen LogP contribution in [0.25, 0.3) is 0 Å². The molecule has 9 heavy (non-hydrogen) atoms. The first-order chi connectivity index (χ1) is 4.41. The highest BCUT2D eigenvalue weighted by molar-refractivity contribution is 4.49. The highest BCUT2D eigenvalue weighted by Crippen LogP contribution is 1.89. The van der Waals surface area contributed by atoms with Crippen molar-refractivity contribution in [2.45, 2.75) is 12.8 Å². The van der Waals surface area contributed by atoms with E-state index in [0.29, 0.717) is 0 Å². The Kier molecular flexibility index (Phi) is 7.61. The van der Waals surface area contributed by atoms with Gasteiger partial charge in [-0.3, -0.25) is 0 Å². The molecule has 0 aromatic carbocycles. The van der Waals surface area contributed by atoms with Crippen molar-refractivity contribution in [2.75, 3.05) is 13.2 Å². The first kappa shape index (κ1) is 8.79. The zero-order chi connectivity index (χ0) is 6.95. The van der Waals surface area contributed by atoms with Crippen LogP contribution in [0.4, 0.5) is 0 Å². The van der Waals surface area contributed by atoms with Crippen LogP contribution in [0.5, 0.6) is 0 Å². The number of ether oxygens (including phenoxy) is 2. The Hall–Kier alpha value is -0.210. The van der Waals surface area contributed by atoms with Crippen LogP contribution in [0.2, 0.25) is 0 Å². The lowest BCUT2D eigenvalue weighted by atomic mass is 10.3. The molecule has 0 aromatic heterocycles. The number of unbranched alkanes of at least 4 members (excludes halogenated alkanes) is 1. The standard InChI is InChI=1S/C7H14O2/c1-3-9-7-5-4-6-8-2/h3,8H,1-2,4-7H2. The van der Waals surface area contributed by atoms with E-state index in [9.17, 15) is 0 Å². The highest BCUT2D eigenvalue weighted by Gasteiger charge is 1.89. The van der Waals surface area contributed by atoms with Gasteiger partial charge in [0.1, 0.15) is 6.61 Å². The second-order valence-electron chi connectivity index (χ2n) is 1.69. The maximum atomic E-state index is 4.88. The van der Waals surface area contributed by atoms with Gasteiger partial charge in [0.15, 0.2) is 0 Å². The van der Waals surface area contributed by atoms with Gasteiger partial charge in [-0.25, -0.2) is 4.74 Å². The monoisotopic (exact) mass is 130 g/mol. The number of rotatable bonds is 6. The molecule has 0 amide bonds. The molecule has 0 heterocycles. The molecule has 54 valence electrons. The molecule has 0 saturated heterocycles. The van der Waals surface area contributed by atoms with Crippen molar-refractivity contribution < 1.29 is 9.47 Å². The molecule has 0 unspecified atom stereocenters. The van der Waals surface area contributed by atoms with Gasteiger partial charge < -0.3 is 4.74 Å². The van der Waals surface area contributed by atoms with Gasteiger partial charge in [-0.05, 0) is 6.42 Å². The van der Waals surface area contributed by atoms with Crippen molar-refractivity contribution in [1.82, 2.24) is 0 Å². The second kappa shape index (κ2) is 7.79. The quantitative estimate of drug-likeness (QED) is 0.300. The maximum absolute atomic E-state index is 4.88. The summed E-state index contributed by atoms with van der Waals surface area (Å²) in [4.78, 5) is 0. The molecular formula is C7H14O2. The molecule has 0 saturated carbocycles. The van der Waals surface area contributed by atoms with Gasteiger partial charge in [0.25, 0.3) is 0 Å². The molecule has 0 spiro atoms. The van der Waals surface area contributed by atoms with Crippen molar-refractivity contribution >= 4 is 0 Å². The van der Waals surface area contributed by atoms with Gasteiger partial charge in [-0.15, -0.1) is 6.92 Å². The Balaban J connectivity index is 2.60. The van der Waals surface area contributed by atoms with E-state index in [1.165, 1.54) is 6.61 Å². The smallest absolute Gasteiger partial charge is 0.119 e. The van der Waals surface area contributed by atoms with E-state index >= 15 is 0 Å². The third-order valence-electron chi connectivity index (χ3n) is 0.946. The summed E-state index contributed by atoms with van der Waals surface area (Å²) in [6, 6.07) is 0. The fraction of sp³-hybridized carbons (Fsp3) is 0.571. The topological polar surface area (TPSA) is 22.0 Å². The molecule has 0 rings (SSSR count). The van der Waals surface area contributed by atoms with E-state index in [1.54, 1.807) is 0 Å². The van der Waals surface area contributed by atoms with E-state index in [1.807, 2.05) is 0 Å². The van der Waals surface area contributed by atoms with Crippen LogP contribution in [-0.2, 0) is 4.74 Å². The van der Waals surface area contributed by atoms with Crippen LogP contribution in [0.3, 0.4) is 0 Å². The molecule has 0 aliphatic carbocycles. The molecule has 0 fully saturated rings. The number of aliphatic hydroxyl groups is 2. The third-order valence-corrected chi connectivity index (χ3v) is 0.946. The zero-order valence-electron chi connectivity index (χ0n) is 5.68. The van der Waals surface area contributed by atoms with Crippen LogP contribution in [0.1, 0.15) is 12.8 Å². The van der Waals surface area contributed by atoms with Gasteiger partial charge >= 0.3 is 0 Å². The summed E-state index contributed by atoms with van der Waals surface area (Å²) in [7, 11) is 3.37. The zero-order valence-corrected chi connectivity index (χ0v) is 5.68. The Morgan fingerprint density at radius 3 is 2.78 bits per heavy atom. The summed E-state index contributed by atoms with van der Waals surface area (Å²) < 4.78 is 8.58. The van der Waals surface area contributed by atoms with Gasteiger partial charge in [0.2, 0.25) is 0 Å². The summed E-state index contributed by atoms with van der Waals surface area (Å²) in [5.74, 6) is 0. The minimum Gasteiger partial charge on any atom is -0.582 e. The lowest BCUT2D eigenvalue weighted by Gasteiger charge is -1.97. The van der Waals surface area contributed by atoms with Crippen LogP contribution >= 0.6 is 0 Å². The molecular weight excluding hydrogens is 116 g/mol. The fourth-order valence-corrected chi connectivity index (χ4v) is 0.492. The van der Waals surface area contributed by atoms with E-state index < -0.39 is 0 Å². The number of hydrogen-bond acceptors (Lipinski definition) is 1.